The first-order valence-corrected chi connectivity index (χ1v) is 10.3. The number of aliphatic hydroxyl groups excluding tert-OH is 1. The topological polar surface area (TPSA) is 60.3 Å². The summed E-state index contributed by atoms with van der Waals surface area (Å²) in [5, 5.41) is 13.5. The lowest BCUT2D eigenvalue weighted by Crippen LogP contribution is -2.52. The standard InChI is InChI=1S/C21H34N4O2.HI/c1-3-22-21(23-14-20(26)16-27-15-18-7-8-18)25-11-9-24(10-12-25)19-6-4-5-17(2)13-19;/h4-6,13,18,20,26H,3,7-12,14-16H2,1-2H3,(H,22,23);1H. The number of hydrogen-bond donors (Lipinski definition) is 2. The number of ether oxygens (including phenoxy) is 1. The fourth-order valence-electron chi connectivity index (χ4n) is 3.33. The summed E-state index contributed by atoms with van der Waals surface area (Å²) in [6, 6.07) is 8.68. The zero-order valence-electron chi connectivity index (χ0n) is 17.1. The molecule has 1 saturated carbocycles. The first kappa shape index (κ1) is 23.2. The third-order valence-electron chi connectivity index (χ3n) is 5.09. The molecule has 0 bridgehead atoms. The van der Waals surface area contributed by atoms with Crippen LogP contribution in [0.15, 0.2) is 29.3 Å². The molecule has 7 heteroatoms. The van der Waals surface area contributed by atoms with Crippen molar-refractivity contribution in [3.63, 3.8) is 0 Å². The second-order valence-corrected chi connectivity index (χ2v) is 7.64. The van der Waals surface area contributed by atoms with Crippen LogP contribution in [0.25, 0.3) is 0 Å². The Balaban J connectivity index is 0.00000280. The molecule has 1 saturated heterocycles. The van der Waals surface area contributed by atoms with Gasteiger partial charge in [0.1, 0.15) is 0 Å². The number of benzene rings is 1. The van der Waals surface area contributed by atoms with E-state index in [1.54, 1.807) is 0 Å². The lowest BCUT2D eigenvalue weighted by molar-refractivity contribution is 0.0367. The number of aryl methyl sites for hydroxylation is 1. The monoisotopic (exact) mass is 502 g/mol. The maximum Gasteiger partial charge on any atom is 0.194 e. The van der Waals surface area contributed by atoms with E-state index in [2.05, 4.69) is 58.2 Å². The smallest absolute Gasteiger partial charge is 0.194 e. The summed E-state index contributed by atoms with van der Waals surface area (Å²) in [6.45, 7) is 10.4. The largest absolute Gasteiger partial charge is 0.389 e. The molecule has 1 aliphatic carbocycles. The van der Waals surface area contributed by atoms with Crippen molar-refractivity contribution in [1.29, 1.82) is 0 Å². The number of guanidine groups is 1. The van der Waals surface area contributed by atoms with Crippen LogP contribution in [0.2, 0.25) is 0 Å². The average molecular weight is 502 g/mol. The third kappa shape index (κ3) is 7.40. The fraction of sp³-hybridized carbons (Fsp3) is 0.667. The molecule has 0 aromatic heterocycles. The van der Waals surface area contributed by atoms with E-state index in [0.29, 0.717) is 13.2 Å². The van der Waals surface area contributed by atoms with Crippen LogP contribution in [-0.4, -0.2) is 74.6 Å². The third-order valence-corrected chi connectivity index (χ3v) is 5.09. The molecular weight excluding hydrogens is 467 g/mol. The first-order chi connectivity index (χ1) is 13.2. The van der Waals surface area contributed by atoms with Crippen molar-refractivity contribution >= 4 is 35.6 Å². The van der Waals surface area contributed by atoms with E-state index in [1.165, 1.54) is 24.1 Å². The molecule has 158 valence electrons. The minimum absolute atomic E-state index is 0. The number of nitrogens with one attached hydrogen (secondary N) is 1. The van der Waals surface area contributed by atoms with Gasteiger partial charge < -0.3 is 25.0 Å². The van der Waals surface area contributed by atoms with E-state index >= 15 is 0 Å². The van der Waals surface area contributed by atoms with E-state index in [-0.39, 0.29) is 24.0 Å². The van der Waals surface area contributed by atoms with Crippen molar-refractivity contribution in [3.8, 4) is 0 Å². The van der Waals surface area contributed by atoms with Gasteiger partial charge in [0.15, 0.2) is 5.96 Å². The maximum atomic E-state index is 10.1. The molecule has 0 amide bonds. The van der Waals surface area contributed by atoms with Crippen molar-refractivity contribution in [1.82, 2.24) is 10.2 Å². The van der Waals surface area contributed by atoms with Gasteiger partial charge in [-0.15, -0.1) is 24.0 Å². The molecule has 1 aromatic rings. The molecule has 28 heavy (non-hydrogen) atoms. The minimum atomic E-state index is -0.536. The number of aliphatic imine (C=N–C) groups is 1. The van der Waals surface area contributed by atoms with E-state index in [9.17, 15) is 5.11 Å². The number of rotatable bonds is 8. The average Bonchev–Trinajstić information content (AvgIpc) is 3.50. The fourth-order valence-corrected chi connectivity index (χ4v) is 3.33. The van der Waals surface area contributed by atoms with Crippen LogP contribution in [0.3, 0.4) is 0 Å². The van der Waals surface area contributed by atoms with Crippen molar-refractivity contribution in [2.24, 2.45) is 10.9 Å². The van der Waals surface area contributed by atoms with Crippen LogP contribution in [0.1, 0.15) is 25.3 Å². The highest BCUT2D eigenvalue weighted by molar-refractivity contribution is 14.0. The molecule has 0 radical (unpaired) electrons. The SMILES string of the molecule is CCNC(=NCC(O)COCC1CC1)N1CCN(c2cccc(C)c2)CC1.I. The van der Waals surface area contributed by atoms with Gasteiger partial charge in [-0.1, -0.05) is 12.1 Å². The number of piperazine rings is 1. The Labute approximate surface area is 186 Å². The zero-order valence-corrected chi connectivity index (χ0v) is 19.5. The lowest BCUT2D eigenvalue weighted by Gasteiger charge is -2.38. The Morgan fingerprint density at radius 3 is 2.68 bits per heavy atom. The number of aliphatic hydroxyl groups is 1. The quantitative estimate of drug-likeness (QED) is 0.325. The van der Waals surface area contributed by atoms with Crippen molar-refractivity contribution in [2.75, 3.05) is 57.4 Å². The van der Waals surface area contributed by atoms with Crippen LogP contribution in [0.4, 0.5) is 5.69 Å². The van der Waals surface area contributed by atoms with Gasteiger partial charge in [-0.25, -0.2) is 0 Å². The molecule has 1 unspecified atom stereocenters. The molecule has 1 aliphatic heterocycles. The molecule has 3 rings (SSSR count). The summed E-state index contributed by atoms with van der Waals surface area (Å²) < 4.78 is 5.57. The molecule has 6 nitrogen and oxygen atoms in total. The molecule has 1 aromatic carbocycles. The van der Waals surface area contributed by atoms with E-state index in [0.717, 1.165) is 51.2 Å². The van der Waals surface area contributed by atoms with Gasteiger partial charge in [0, 0.05) is 45.0 Å². The highest BCUT2D eigenvalue weighted by atomic mass is 127. The molecule has 0 spiro atoms. The van der Waals surface area contributed by atoms with Gasteiger partial charge in [-0.3, -0.25) is 4.99 Å². The lowest BCUT2D eigenvalue weighted by atomic mass is 10.2. The molecule has 2 aliphatic rings. The summed E-state index contributed by atoms with van der Waals surface area (Å²) >= 11 is 0. The summed E-state index contributed by atoms with van der Waals surface area (Å²) in [6.07, 6.45) is 2.01. The number of nitrogens with zero attached hydrogens (tertiary/aromatic N) is 3. The van der Waals surface area contributed by atoms with Crippen LogP contribution >= 0.6 is 24.0 Å². The van der Waals surface area contributed by atoms with E-state index in [1.807, 2.05) is 0 Å². The van der Waals surface area contributed by atoms with E-state index < -0.39 is 6.10 Å². The molecule has 1 atom stereocenters. The van der Waals surface area contributed by atoms with Crippen LogP contribution in [0, 0.1) is 12.8 Å². The van der Waals surface area contributed by atoms with Gasteiger partial charge in [-0.05, 0) is 50.3 Å². The number of hydrogen-bond acceptors (Lipinski definition) is 4. The first-order valence-electron chi connectivity index (χ1n) is 10.3. The predicted molar refractivity (Wildman–Crippen MR) is 126 cm³/mol. The summed E-state index contributed by atoms with van der Waals surface area (Å²) in [5.74, 6) is 1.62. The summed E-state index contributed by atoms with van der Waals surface area (Å²) in [7, 11) is 0. The van der Waals surface area contributed by atoms with E-state index in [4.69, 9.17) is 4.74 Å². The van der Waals surface area contributed by atoms with Crippen LogP contribution in [-0.2, 0) is 4.74 Å². The molecule has 1 heterocycles. The minimum Gasteiger partial charge on any atom is -0.389 e. The highest BCUT2D eigenvalue weighted by Crippen LogP contribution is 2.28. The molecule has 2 fully saturated rings. The van der Waals surface area contributed by atoms with Gasteiger partial charge in [0.2, 0.25) is 0 Å². The normalized spacial score (nSPS) is 18.6. The van der Waals surface area contributed by atoms with Crippen molar-refractivity contribution in [3.05, 3.63) is 29.8 Å². The maximum absolute atomic E-state index is 10.1. The van der Waals surface area contributed by atoms with Gasteiger partial charge in [-0.2, -0.15) is 0 Å². The second-order valence-electron chi connectivity index (χ2n) is 7.64. The Bertz CT molecular complexity index is 616. The molecular formula is C21H35IN4O2. The summed E-state index contributed by atoms with van der Waals surface area (Å²) in [4.78, 5) is 9.35. The van der Waals surface area contributed by atoms with Gasteiger partial charge >= 0.3 is 0 Å². The predicted octanol–water partition coefficient (Wildman–Crippen LogP) is 2.49. The van der Waals surface area contributed by atoms with Crippen LogP contribution < -0.4 is 10.2 Å². The number of anilines is 1. The Hall–Kier alpha value is -1.06. The Morgan fingerprint density at radius 1 is 1.29 bits per heavy atom. The molecule has 2 N–H and O–H groups in total. The zero-order chi connectivity index (χ0) is 19.1. The highest BCUT2D eigenvalue weighted by Gasteiger charge is 2.22. The van der Waals surface area contributed by atoms with Gasteiger partial charge in [0.25, 0.3) is 0 Å². The van der Waals surface area contributed by atoms with Crippen LogP contribution in [0.5, 0.6) is 0 Å². The van der Waals surface area contributed by atoms with Crippen molar-refractivity contribution in [2.45, 2.75) is 32.8 Å². The number of halogens is 1. The van der Waals surface area contributed by atoms with Gasteiger partial charge in [0.05, 0.1) is 19.3 Å². The Morgan fingerprint density at radius 2 is 2.04 bits per heavy atom. The Kier molecular flexibility index (Phi) is 9.81. The second kappa shape index (κ2) is 11.8. The summed E-state index contributed by atoms with van der Waals surface area (Å²) in [5.41, 5.74) is 2.59. The van der Waals surface area contributed by atoms with Crippen molar-refractivity contribution < 1.29 is 9.84 Å².